The lowest BCUT2D eigenvalue weighted by Gasteiger charge is -2.20. The van der Waals surface area contributed by atoms with Crippen molar-refractivity contribution >= 4 is 21.8 Å². The minimum absolute atomic E-state index is 0.761. The topological polar surface area (TPSA) is 44.9 Å². The monoisotopic (exact) mass is 618 g/mol. The molecule has 0 aliphatic carbocycles. The van der Waals surface area contributed by atoms with Crippen LogP contribution in [0.25, 0.3) is 44.4 Å². The Bertz CT molecular complexity index is 2220. The van der Waals surface area contributed by atoms with Crippen LogP contribution in [0.15, 0.2) is 104 Å². The Morgan fingerprint density at radius 1 is 0.702 bits per heavy atom. The van der Waals surface area contributed by atoms with Gasteiger partial charge in [0.2, 0.25) is 0 Å². The second-order valence-corrected chi connectivity index (χ2v) is 12.3. The Kier molecular flexibility index (Phi) is 8.38. The minimum atomic E-state index is 0.761. The molecule has 4 aromatic carbocycles. The predicted molar refractivity (Wildman–Crippen MR) is 195 cm³/mol. The van der Waals surface area contributed by atoms with E-state index in [9.17, 15) is 0 Å². The molecule has 0 saturated carbocycles. The summed E-state index contributed by atoms with van der Waals surface area (Å²) in [6.45, 7) is 11.2. The highest BCUT2D eigenvalue weighted by atomic mass is 16.5. The molecule has 236 valence electrons. The van der Waals surface area contributed by atoms with Gasteiger partial charge < -0.3 is 4.74 Å². The lowest BCUT2D eigenvalue weighted by atomic mass is 9.84. The van der Waals surface area contributed by atoms with Crippen LogP contribution in [-0.2, 0) is 25.7 Å². The summed E-state index contributed by atoms with van der Waals surface area (Å²) >= 11 is 0. The van der Waals surface area contributed by atoms with Crippen LogP contribution in [0, 0.1) is 6.92 Å². The number of hydrogen-bond donors (Lipinski definition) is 0. The molecule has 0 amide bonds. The predicted octanol–water partition coefficient (Wildman–Crippen LogP) is 10.8. The molecule has 7 rings (SSSR count). The van der Waals surface area contributed by atoms with Crippen molar-refractivity contribution in [2.75, 3.05) is 0 Å². The average molecular weight is 619 g/mol. The smallest absolute Gasteiger partial charge is 0.137 e. The van der Waals surface area contributed by atoms with E-state index in [1.54, 1.807) is 0 Å². The number of ether oxygens (including phenoxy) is 1. The fourth-order valence-electron chi connectivity index (χ4n) is 7.13. The maximum atomic E-state index is 6.52. The lowest BCUT2D eigenvalue weighted by molar-refractivity contribution is 0.483. The normalized spacial score (nSPS) is 11.5. The van der Waals surface area contributed by atoms with Gasteiger partial charge >= 0.3 is 0 Å². The molecular weight excluding hydrogens is 576 g/mol. The second-order valence-electron chi connectivity index (χ2n) is 12.3. The van der Waals surface area contributed by atoms with Gasteiger partial charge in [0.1, 0.15) is 17.3 Å². The Morgan fingerprint density at radius 3 is 2.28 bits per heavy atom. The number of aromatic nitrogens is 4. The third-order valence-corrected chi connectivity index (χ3v) is 9.31. The van der Waals surface area contributed by atoms with Gasteiger partial charge in [-0.25, -0.2) is 9.67 Å². The van der Waals surface area contributed by atoms with Gasteiger partial charge in [-0.2, -0.15) is 5.10 Å². The van der Waals surface area contributed by atoms with Gasteiger partial charge in [-0.1, -0.05) is 64.4 Å². The number of fused-ring (bicyclic) bond motifs is 3. The molecule has 3 aromatic heterocycles. The Morgan fingerprint density at radius 2 is 1.49 bits per heavy atom. The molecule has 0 fully saturated rings. The molecule has 5 heteroatoms. The van der Waals surface area contributed by atoms with E-state index in [0.717, 1.165) is 66.1 Å². The quantitative estimate of drug-likeness (QED) is 0.153. The van der Waals surface area contributed by atoms with Crippen molar-refractivity contribution in [2.45, 2.75) is 66.7 Å². The van der Waals surface area contributed by atoms with Gasteiger partial charge in [0.15, 0.2) is 0 Å². The number of pyridine rings is 1. The van der Waals surface area contributed by atoms with Crippen LogP contribution in [0.4, 0.5) is 0 Å². The number of benzene rings is 4. The highest BCUT2D eigenvalue weighted by Crippen LogP contribution is 2.37. The first kappa shape index (κ1) is 30.5. The van der Waals surface area contributed by atoms with Crippen LogP contribution < -0.4 is 4.74 Å². The van der Waals surface area contributed by atoms with Crippen molar-refractivity contribution in [2.24, 2.45) is 0 Å². The molecule has 0 spiro atoms. The Hall–Kier alpha value is -5.16. The van der Waals surface area contributed by atoms with E-state index < -0.39 is 0 Å². The van der Waals surface area contributed by atoms with E-state index in [1.807, 2.05) is 35.3 Å². The summed E-state index contributed by atoms with van der Waals surface area (Å²) in [7, 11) is 0. The molecule has 0 unspecified atom stereocenters. The van der Waals surface area contributed by atoms with Gasteiger partial charge in [0.25, 0.3) is 0 Å². The largest absolute Gasteiger partial charge is 0.457 e. The first-order valence-electron chi connectivity index (χ1n) is 17.0. The van der Waals surface area contributed by atoms with E-state index in [2.05, 4.69) is 112 Å². The van der Waals surface area contributed by atoms with Crippen LogP contribution in [-0.4, -0.2) is 19.3 Å². The first-order valence-corrected chi connectivity index (χ1v) is 17.0. The van der Waals surface area contributed by atoms with Crippen molar-refractivity contribution in [3.63, 3.8) is 0 Å². The van der Waals surface area contributed by atoms with Gasteiger partial charge in [0.05, 0.1) is 22.9 Å². The SMILES string of the molecule is CCCc1c(CC)cc(CC)c(CC)c1-c1cnn(-c2cccc(Oc3ccc4c5ccccc5n(-c5cc(C)ccn5)c4c3)c2)c1. The molecule has 0 aliphatic rings. The third kappa shape index (κ3) is 5.61. The van der Waals surface area contributed by atoms with Gasteiger partial charge in [0, 0.05) is 40.9 Å². The fourth-order valence-corrected chi connectivity index (χ4v) is 7.13. The van der Waals surface area contributed by atoms with E-state index in [-0.39, 0.29) is 0 Å². The van der Waals surface area contributed by atoms with Crippen LogP contribution >= 0.6 is 0 Å². The summed E-state index contributed by atoms with van der Waals surface area (Å²) in [6.07, 6.45) is 11.4. The Labute approximate surface area is 277 Å². The Balaban J connectivity index is 1.25. The first-order chi connectivity index (χ1) is 23.0. The minimum Gasteiger partial charge on any atom is -0.457 e. The maximum absolute atomic E-state index is 6.52. The standard InChI is InChI=1S/C42H42N4O/c1-6-13-36-30(8-3)23-29(7-2)35(9-4)42(36)31-26-44-45(27-31)32-14-12-15-33(24-32)47-34-18-19-38-37-16-10-11-17-39(37)46(40(38)25-34)41-22-28(5)20-21-43-41/h10-12,14-27H,6-9,13H2,1-5H3. The number of nitrogens with zero attached hydrogens (tertiary/aromatic N) is 4. The molecule has 0 radical (unpaired) electrons. The maximum Gasteiger partial charge on any atom is 0.137 e. The highest BCUT2D eigenvalue weighted by molar-refractivity contribution is 6.09. The number of para-hydroxylation sites is 1. The highest BCUT2D eigenvalue weighted by Gasteiger charge is 2.19. The fraction of sp³-hybridized carbons (Fsp3) is 0.238. The molecule has 0 saturated heterocycles. The summed E-state index contributed by atoms with van der Waals surface area (Å²) in [5.41, 5.74) is 12.7. The van der Waals surface area contributed by atoms with E-state index in [0.29, 0.717) is 0 Å². The third-order valence-electron chi connectivity index (χ3n) is 9.31. The molecule has 0 bridgehead atoms. The molecule has 7 aromatic rings. The zero-order chi connectivity index (χ0) is 32.5. The van der Waals surface area contributed by atoms with E-state index in [4.69, 9.17) is 14.8 Å². The van der Waals surface area contributed by atoms with Crippen molar-refractivity contribution in [1.29, 1.82) is 0 Å². The van der Waals surface area contributed by atoms with Gasteiger partial charge in [-0.15, -0.1) is 0 Å². The average Bonchev–Trinajstić information content (AvgIpc) is 3.71. The summed E-state index contributed by atoms with van der Waals surface area (Å²) in [6, 6.07) is 29.6. The van der Waals surface area contributed by atoms with E-state index in [1.165, 1.54) is 49.7 Å². The number of hydrogen-bond acceptors (Lipinski definition) is 3. The van der Waals surface area contributed by atoms with Gasteiger partial charge in [-0.05, 0) is 108 Å². The van der Waals surface area contributed by atoms with Crippen molar-refractivity contribution in [3.8, 4) is 34.1 Å². The number of rotatable bonds is 10. The van der Waals surface area contributed by atoms with Crippen molar-refractivity contribution in [3.05, 3.63) is 131 Å². The second kappa shape index (κ2) is 12.9. The molecular formula is C42H42N4O. The zero-order valence-corrected chi connectivity index (χ0v) is 28.0. The molecule has 3 heterocycles. The number of aryl methyl sites for hydroxylation is 3. The van der Waals surface area contributed by atoms with Crippen molar-refractivity contribution in [1.82, 2.24) is 19.3 Å². The molecule has 0 N–H and O–H groups in total. The van der Waals surface area contributed by atoms with Crippen molar-refractivity contribution < 1.29 is 4.74 Å². The zero-order valence-electron chi connectivity index (χ0n) is 28.0. The summed E-state index contributed by atoms with van der Waals surface area (Å²) in [4.78, 5) is 4.72. The van der Waals surface area contributed by atoms with Crippen LogP contribution in [0.3, 0.4) is 0 Å². The van der Waals surface area contributed by atoms with E-state index >= 15 is 0 Å². The summed E-state index contributed by atoms with van der Waals surface area (Å²) in [5.74, 6) is 2.43. The molecule has 5 nitrogen and oxygen atoms in total. The summed E-state index contributed by atoms with van der Waals surface area (Å²) < 4.78 is 10.7. The van der Waals surface area contributed by atoms with Crippen LogP contribution in [0.5, 0.6) is 11.5 Å². The summed E-state index contributed by atoms with van der Waals surface area (Å²) in [5, 5.41) is 7.23. The van der Waals surface area contributed by atoms with Gasteiger partial charge in [-0.3, -0.25) is 4.57 Å². The lowest BCUT2D eigenvalue weighted by Crippen LogP contribution is -2.05. The van der Waals surface area contributed by atoms with Crippen LogP contribution in [0.1, 0.15) is 61.9 Å². The molecule has 47 heavy (non-hydrogen) atoms. The van der Waals surface area contributed by atoms with Crippen LogP contribution in [0.2, 0.25) is 0 Å². The molecule has 0 aliphatic heterocycles. The molecule has 0 atom stereocenters.